The highest BCUT2D eigenvalue weighted by molar-refractivity contribution is 5.47. The minimum absolute atomic E-state index is 0.0542. The lowest BCUT2D eigenvalue weighted by atomic mass is 10.0. The van der Waals surface area contributed by atoms with E-state index in [0.29, 0.717) is 0 Å². The van der Waals surface area contributed by atoms with Gasteiger partial charge >= 0.3 is 6.18 Å². The molecule has 0 atom stereocenters. The Balaban J connectivity index is 3.22. The number of hydrogen-bond acceptors (Lipinski definition) is 2. The van der Waals surface area contributed by atoms with Gasteiger partial charge in [0.1, 0.15) is 0 Å². The molecule has 1 rings (SSSR count). The molecule has 1 aromatic rings. The molecule has 0 fully saturated rings. The molecule has 0 unspecified atom stereocenters. The van der Waals surface area contributed by atoms with E-state index in [1.807, 2.05) is 0 Å². The number of alkyl halides is 3. The Bertz CT molecular complexity index is 563. The van der Waals surface area contributed by atoms with Gasteiger partial charge in [0.15, 0.2) is 0 Å². The molecule has 84 valence electrons. The van der Waals surface area contributed by atoms with Crippen LogP contribution < -0.4 is 0 Å². The van der Waals surface area contributed by atoms with E-state index in [2.05, 4.69) is 11.8 Å². The van der Waals surface area contributed by atoms with E-state index >= 15 is 0 Å². The van der Waals surface area contributed by atoms with E-state index in [0.717, 1.165) is 12.1 Å². The van der Waals surface area contributed by atoms with Crippen LogP contribution in [0.4, 0.5) is 13.2 Å². The number of hydrogen-bond donors (Lipinski definition) is 0. The smallest absolute Gasteiger partial charge is 0.197 e. The van der Waals surface area contributed by atoms with E-state index in [9.17, 15) is 13.2 Å². The molecule has 0 aromatic heterocycles. The average molecular weight is 234 g/mol. The molecule has 0 spiro atoms. The van der Waals surface area contributed by atoms with Crippen molar-refractivity contribution in [3.63, 3.8) is 0 Å². The number of nitrogens with zero attached hydrogens (tertiary/aromatic N) is 2. The molecule has 0 aliphatic heterocycles. The SMILES string of the molecule is N#CCC#Cc1ccc(C#N)c(C(F)(F)F)c1. The first-order chi connectivity index (χ1) is 7.99. The highest BCUT2D eigenvalue weighted by atomic mass is 19.4. The van der Waals surface area contributed by atoms with Gasteiger partial charge in [0.25, 0.3) is 0 Å². The van der Waals surface area contributed by atoms with E-state index in [1.54, 1.807) is 6.07 Å². The predicted octanol–water partition coefficient (Wildman–Crippen LogP) is 2.84. The van der Waals surface area contributed by atoms with Crippen LogP contribution in [-0.4, -0.2) is 0 Å². The lowest BCUT2D eigenvalue weighted by molar-refractivity contribution is -0.137. The molecule has 0 aliphatic rings. The van der Waals surface area contributed by atoms with Gasteiger partial charge in [-0.1, -0.05) is 11.8 Å². The van der Waals surface area contributed by atoms with Crippen LogP contribution in [0.5, 0.6) is 0 Å². The fourth-order valence-electron chi connectivity index (χ4n) is 1.14. The average Bonchev–Trinajstić information content (AvgIpc) is 2.28. The Hall–Kier alpha value is -2.45. The maximum absolute atomic E-state index is 12.6. The summed E-state index contributed by atoms with van der Waals surface area (Å²) in [4.78, 5) is 0. The van der Waals surface area contributed by atoms with Crippen molar-refractivity contribution >= 4 is 0 Å². The second kappa shape index (κ2) is 5.05. The molecule has 5 heteroatoms. The maximum atomic E-state index is 12.6. The predicted molar refractivity (Wildman–Crippen MR) is 53.3 cm³/mol. The molecule has 0 saturated carbocycles. The van der Waals surface area contributed by atoms with Crippen molar-refractivity contribution in [2.75, 3.05) is 0 Å². The van der Waals surface area contributed by atoms with Gasteiger partial charge in [-0.05, 0) is 18.2 Å². The standard InChI is InChI=1S/C12H5F3N2/c13-12(14,15)11-7-9(3-1-2-6-16)4-5-10(11)8-17/h4-5,7H,2H2. The summed E-state index contributed by atoms with van der Waals surface area (Å²) in [5.41, 5.74) is -1.32. The van der Waals surface area contributed by atoms with Crippen LogP contribution in [0.3, 0.4) is 0 Å². The van der Waals surface area contributed by atoms with Gasteiger partial charge in [-0.25, -0.2) is 0 Å². The summed E-state index contributed by atoms with van der Waals surface area (Å²) in [6.45, 7) is 0. The topological polar surface area (TPSA) is 47.6 Å². The Labute approximate surface area is 95.9 Å². The quantitative estimate of drug-likeness (QED) is 0.648. The van der Waals surface area contributed by atoms with Crippen molar-refractivity contribution in [2.24, 2.45) is 0 Å². The molecule has 17 heavy (non-hydrogen) atoms. The molecular formula is C12H5F3N2. The highest BCUT2D eigenvalue weighted by Gasteiger charge is 2.33. The molecule has 0 bridgehead atoms. The zero-order valence-electron chi connectivity index (χ0n) is 8.47. The summed E-state index contributed by atoms with van der Waals surface area (Å²) in [5, 5.41) is 16.8. The molecule has 1 aromatic carbocycles. The van der Waals surface area contributed by atoms with Gasteiger partial charge in [-0.3, -0.25) is 0 Å². The minimum Gasteiger partial charge on any atom is -0.197 e. The van der Waals surface area contributed by atoms with Crippen LogP contribution in [0.15, 0.2) is 18.2 Å². The molecule has 0 radical (unpaired) electrons. The van der Waals surface area contributed by atoms with E-state index in [4.69, 9.17) is 10.5 Å². The summed E-state index contributed by atoms with van der Waals surface area (Å²) >= 11 is 0. The van der Waals surface area contributed by atoms with Gasteiger partial charge < -0.3 is 0 Å². The van der Waals surface area contributed by atoms with Crippen LogP contribution in [0.2, 0.25) is 0 Å². The first kappa shape index (κ1) is 12.6. The van der Waals surface area contributed by atoms with E-state index < -0.39 is 17.3 Å². The van der Waals surface area contributed by atoms with Gasteiger partial charge in [0.2, 0.25) is 0 Å². The lowest BCUT2D eigenvalue weighted by Crippen LogP contribution is -2.08. The van der Waals surface area contributed by atoms with Gasteiger partial charge in [-0.2, -0.15) is 23.7 Å². The van der Waals surface area contributed by atoms with Crippen LogP contribution >= 0.6 is 0 Å². The Morgan fingerprint density at radius 1 is 1.18 bits per heavy atom. The maximum Gasteiger partial charge on any atom is 0.417 e. The number of benzene rings is 1. The van der Waals surface area contributed by atoms with Gasteiger partial charge in [0, 0.05) is 5.56 Å². The third-order valence-electron chi connectivity index (χ3n) is 1.85. The molecular weight excluding hydrogens is 229 g/mol. The summed E-state index contributed by atoms with van der Waals surface area (Å²) in [7, 11) is 0. The van der Waals surface area contributed by atoms with Gasteiger partial charge in [-0.15, -0.1) is 0 Å². The molecule has 0 aliphatic carbocycles. The van der Waals surface area contributed by atoms with Crippen LogP contribution in [0.1, 0.15) is 23.1 Å². The van der Waals surface area contributed by atoms with Gasteiger partial charge in [0.05, 0.1) is 29.7 Å². The van der Waals surface area contributed by atoms with Crippen molar-refractivity contribution in [3.8, 4) is 24.0 Å². The third kappa shape index (κ3) is 3.26. The van der Waals surface area contributed by atoms with Crippen LogP contribution in [0.25, 0.3) is 0 Å². The third-order valence-corrected chi connectivity index (χ3v) is 1.85. The minimum atomic E-state index is -4.59. The fraction of sp³-hybridized carbons (Fsp3) is 0.167. The molecule has 0 saturated heterocycles. The molecule has 0 amide bonds. The monoisotopic (exact) mass is 234 g/mol. The molecule has 2 nitrogen and oxygen atoms in total. The molecule has 0 N–H and O–H groups in total. The number of rotatable bonds is 0. The van der Waals surface area contributed by atoms with Crippen molar-refractivity contribution in [1.29, 1.82) is 10.5 Å². The van der Waals surface area contributed by atoms with Crippen LogP contribution in [-0.2, 0) is 6.18 Å². The fourth-order valence-corrected chi connectivity index (χ4v) is 1.14. The zero-order chi connectivity index (χ0) is 12.9. The Kier molecular flexibility index (Phi) is 3.75. The van der Waals surface area contributed by atoms with E-state index in [-0.39, 0.29) is 12.0 Å². The van der Waals surface area contributed by atoms with Crippen molar-refractivity contribution < 1.29 is 13.2 Å². The number of halogens is 3. The Morgan fingerprint density at radius 2 is 1.88 bits per heavy atom. The first-order valence-electron chi connectivity index (χ1n) is 4.46. The summed E-state index contributed by atoms with van der Waals surface area (Å²) in [5.74, 6) is 4.83. The highest BCUT2D eigenvalue weighted by Crippen LogP contribution is 2.32. The van der Waals surface area contributed by atoms with Crippen LogP contribution in [0, 0.1) is 34.5 Å². The van der Waals surface area contributed by atoms with Crippen molar-refractivity contribution in [2.45, 2.75) is 12.6 Å². The lowest BCUT2D eigenvalue weighted by Gasteiger charge is -2.08. The largest absolute Gasteiger partial charge is 0.417 e. The number of nitriles is 2. The molecule has 0 heterocycles. The van der Waals surface area contributed by atoms with E-state index in [1.165, 1.54) is 12.1 Å². The second-order valence-corrected chi connectivity index (χ2v) is 3.01. The second-order valence-electron chi connectivity index (χ2n) is 3.01. The van der Waals surface area contributed by atoms with Crippen molar-refractivity contribution in [1.82, 2.24) is 0 Å². The summed E-state index contributed by atoms with van der Waals surface area (Å²) in [6.07, 6.45) is -4.64. The summed E-state index contributed by atoms with van der Waals surface area (Å²) in [6, 6.07) is 6.43. The zero-order valence-corrected chi connectivity index (χ0v) is 8.47. The first-order valence-corrected chi connectivity index (χ1v) is 4.46. The Morgan fingerprint density at radius 3 is 2.41 bits per heavy atom. The normalized spacial score (nSPS) is 9.71. The summed E-state index contributed by atoms with van der Waals surface area (Å²) < 4.78 is 37.7. The van der Waals surface area contributed by atoms with Crippen molar-refractivity contribution in [3.05, 3.63) is 34.9 Å².